The van der Waals surface area contributed by atoms with Gasteiger partial charge in [0.2, 0.25) is 0 Å². The van der Waals surface area contributed by atoms with E-state index < -0.39 is 43.9 Å². The summed E-state index contributed by atoms with van der Waals surface area (Å²) < 4.78 is 56.4. The number of anilines is 1. The number of carbonyl (C=O) groups excluding carboxylic acids is 1. The molecule has 3 aromatic rings. The van der Waals surface area contributed by atoms with Crippen LogP contribution in [0, 0.1) is 11.6 Å². The Morgan fingerprint density at radius 1 is 1.00 bits per heavy atom. The third kappa shape index (κ3) is 3.57. The normalized spacial score (nSPS) is 15.0. The number of carbonyl (C=O) groups is 1. The predicted octanol–water partition coefficient (Wildman–Crippen LogP) is 4.04. The van der Waals surface area contributed by atoms with E-state index in [1.807, 2.05) is 4.72 Å². The monoisotopic (exact) mass is 450 g/mol. The van der Waals surface area contributed by atoms with Gasteiger partial charge in [-0.15, -0.1) is 0 Å². The zero-order valence-corrected chi connectivity index (χ0v) is 16.6. The summed E-state index contributed by atoms with van der Waals surface area (Å²) in [5.41, 5.74) is 0.302. The van der Waals surface area contributed by atoms with Crippen LogP contribution in [0.5, 0.6) is 5.75 Å². The number of amides is 1. The van der Waals surface area contributed by atoms with Crippen molar-refractivity contribution < 1.29 is 27.1 Å². The molecule has 10 heteroatoms. The average Bonchev–Trinajstić information content (AvgIpc) is 2.69. The lowest BCUT2D eigenvalue weighted by molar-refractivity contribution is 0.0950. The minimum Gasteiger partial charge on any atom is -0.505 e. The van der Waals surface area contributed by atoms with E-state index in [0.717, 1.165) is 18.2 Å². The Morgan fingerprint density at radius 2 is 1.77 bits per heavy atom. The van der Waals surface area contributed by atoms with Crippen LogP contribution in [0.1, 0.15) is 15.9 Å². The highest BCUT2D eigenvalue weighted by molar-refractivity contribution is 7.92. The van der Waals surface area contributed by atoms with E-state index >= 15 is 0 Å². The molecule has 0 fully saturated rings. The van der Waals surface area contributed by atoms with E-state index in [1.54, 1.807) is 24.3 Å². The molecule has 0 atom stereocenters. The minimum absolute atomic E-state index is 0.0460. The molecule has 6 bridgehead atoms. The van der Waals surface area contributed by atoms with Crippen LogP contribution in [0.25, 0.3) is 11.1 Å². The fraction of sp³-hybridized carbons (Fsp3) is 0.0500. The van der Waals surface area contributed by atoms with Crippen molar-refractivity contribution in [1.82, 2.24) is 5.32 Å². The second-order valence-corrected chi connectivity index (χ2v) is 8.66. The molecule has 1 amide bonds. The molecule has 3 aromatic carbocycles. The zero-order chi connectivity index (χ0) is 21.6. The predicted molar refractivity (Wildman–Crippen MR) is 107 cm³/mol. The van der Waals surface area contributed by atoms with E-state index in [1.165, 1.54) is 0 Å². The molecule has 1 aliphatic heterocycles. The summed E-state index contributed by atoms with van der Waals surface area (Å²) in [6, 6.07) is 10.1. The molecule has 3 N–H and O–H groups in total. The summed E-state index contributed by atoms with van der Waals surface area (Å²) in [4.78, 5) is 11.8. The molecule has 154 valence electrons. The Kier molecular flexibility index (Phi) is 4.87. The first-order valence-corrected chi connectivity index (χ1v) is 10.4. The first-order valence-electron chi connectivity index (χ1n) is 8.57. The van der Waals surface area contributed by atoms with Gasteiger partial charge in [0.1, 0.15) is 16.5 Å². The van der Waals surface area contributed by atoms with E-state index in [4.69, 9.17) is 11.6 Å². The number of aromatic hydroxyl groups is 1. The molecular formula is C20H13ClF2N2O4S. The van der Waals surface area contributed by atoms with Crippen LogP contribution < -0.4 is 10.0 Å². The highest BCUT2D eigenvalue weighted by atomic mass is 35.5. The van der Waals surface area contributed by atoms with Gasteiger partial charge in [-0.2, -0.15) is 0 Å². The molecule has 0 saturated heterocycles. The fourth-order valence-corrected chi connectivity index (χ4v) is 4.57. The molecule has 30 heavy (non-hydrogen) atoms. The second kappa shape index (κ2) is 7.26. The average molecular weight is 451 g/mol. The molecule has 1 heterocycles. The molecule has 0 aromatic heterocycles. The van der Waals surface area contributed by atoms with E-state index in [9.17, 15) is 27.1 Å². The maximum atomic E-state index is 14.4. The number of hydrogen-bond acceptors (Lipinski definition) is 4. The lowest BCUT2D eigenvalue weighted by Crippen LogP contribution is -2.24. The van der Waals surface area contributed by atoms with Crippen molar-refractivity contribution in [1.29, 1.82) is 0 Å². The number of halogens is 3. The Hall–Kier alpha value is -3.17. The summed E-state index contributed by atoms with van der Waals surface area (Å²) in [7, 11) is -4.58. The van der Waals surface area contributed by atoms with Gasteiger partial charge in [-0.3, -0.25) is 9.52 Å². The van der Waals surface area contributed by atoms with Crippen LogP contribution >= 0.6 is 11.6 Å². The van der Waals surface area contributed by atoms with Crippen molar-refractivity contribution in [3.8, 4) is 16.9 Å². The van der Waals surface area contributed by atoms with Crippen LogP contribution in [-0.2, 0) is 16.6 Å². The summed E-state index contributed by atoms with van der Waals surface area (Å²) in [6.45, 7) is 0.0567. The molecular weight excluding hydrogens is 438 g/mol. The van der Waals surface area contributed by atoms with Gasteiger partial charge in [0.25, 0.3) is 15.9 Å². The van der Waals surface area contributed by atoms with Crippen LogP contribution in [0.2, 0.25) is 5.02 Å². The zero-order valence-electron chi connectivity index (χ0n) is 15.0. The number of phenolic OH excluding ortho intramolecular Hbond substituents is 1. The molecule has 4 rings (SSSR count). The first-order chi connectivity index (χ1) is 14.2. The van der Waals surface area contributed by atoms with Crippen molar-refractivity contribution in [3.63, 3.8) is 0 Å². The number of fused-ring (bicyclic) bond motifs is 7. The number of hydrogen-bond donors (Lipinski definition) is 3. The molecule has 0 spiro atoms. The smallest absolute Gasteiger partial charge is 0.265 e. The summed E-state index contributed by atoms with van der Waals surface area (Å²) in [6.07, 6.45) is 0. The third-order valence-corrected chi connectivity index (χ3v) is 6.24. The maximum absolute atomic E-state index is 14.4. The van der Waals surface area contributed by atoms with Gasteiger partial charge in [-0.1, -0.05) is 29.8 Å². The molecule has 0 radical (unpaired) electrons. The second-order valence-electron chi connectivity index (χ2n) is 6.61. The van der Waals surface area contributed by atoms with Gasteiger partial charge in [-0.05, 0) is 35.4 Å². The van der Waals surface area contributed by atoms with Gasteiger partial charge < -0.3 is 10.4 Å². The molecule has 0 saturated carbocycles. The largest absolute Gasteiger partial charge is 0.505 e. The Bertz CT molecular complexity index is 1310. The van der Waals surface area contributed by atoms with Crippen molar-refractivity contribution >= 4 is 33.2 Å². The van der Waals surface area contributed by atoms with E-state index in [0.29, 0.717) is 17.2 Å². The van der Waals surface area contributed by atoms with Crippen LogP contribution in [0.4, 0.5) is 14.5 Å². The lowest BCUT2D eigenvalue weighted by atomic mass is 10.0. The Balaban J connectivity index is 1.99. The van der Waals surface area contributed by atoms with Crippen molar-refractivity contribution in [2.75, 3.05) is 4.72 Å². The number of benzene rings is 3. The third-order valence-electron chi connectivity index (χ3n) is 4.57. The molecule has 0 aliphatic carbocycles. The minimum atomic E-state index is -4.58. The molecule has 6 nitrogen and oxygen atoms in total. The lowest BCUT2D eigenvalue weighted by Gasteiger charge is -2.16. The van der Waals surface area contributed by atoms with E-state index in [-0.39, 0.29) is 22.7 Å². The summed E-state index contributed by atoms with van der Waals surface area (Å²) >= 11 is 5.90. The van der Waals surface area contributed by atoms with Crippen molar-refractivity contribution in [2.24, 2.45) is 0 Å². The van der Waals surface area contributed by atoms with Gasteiger partial charge >= 0.3 is 0 Å². The first kappa shape index (κ1) is 20.1. The summed E-state index contributed by atoms with van der Waals surface area (Å²) in [5, 5.41) is 12.4. The van der Waals surface area contributed by atoms with Gasteiger partial charge in [-0.25, -0.2) is 17.2 Å². The quantitative estimate of drug-likeness (QED) is 0.482. The maximum Gasteiger partial charge on any atom is 0.265 e. The van der Waals surface area contributed by atoms with Crippen LogP contribution in [-0.4, -0.2) is 19.4 Å². The highest BCUT2D eigenvalue weighted by Crippen LogP contribution is 2.35. The number of sulfonamides is 1. The standard InChI is InChI=1S/C20H13ClF2N2O4S/c21-14-5-12-6-18(19(14)26)30(28,29)25-17-7-13(15(22)8-16(17)23)11-3-1-2-10(4-11)9-24-20(12)27/h1-8,25-26H,9H2,(H,24,27). The van der Waals surface area contributed by atoms with Gasteiger partial charge in [0, 0.05) is 23.7 Å². The highest BCUT2D eigenvalue weighted by Gasteiger charge is 2.26. The summed E-state index contributed by atoms with van der Waals surface area (Å²) in [5.74, 6) is -3.49. The van der Waals surface area contributed by atoms with Crippen molar-refractivity contribution in [3.05, 3.63) is 76.3 Å². The Labute approximate surface area is 175 Å². The molecule has 0 unspecified atom stereocenters. The molecule has 1 aliphatic rings. The SMILES string of the molecule is O=C1NCc2cccc(c2)-c2cc(c(F)cc2F)NS(=O)(=O)c2cc1cc(Cl)c2O. The van der Waals surface area contributed by atoms with Gasteiger partial charge in [0.05, 0.1) is 10.7 Å². The van der Waals surface area contributed by atoms with Gasteiger partial charge in [0.15, 0.2) is 5.75 Å². The number of phenols is 1. The van der Waals surface area contributed by atoms with E-state index in [2.05, 4.69) is 5.32 Å². The topological polar surface area (TPSA) is 95.5 Å². The van der Waals surface area contributed by atoms with Crippen molar-refractivity contribution in [2.45, 2.75) is 11.4 Å². The Morgan fingerprint density at radius 3 is 2.53 bits per heavy atom. The number of rotatable bonds is 0. The number of nitrogens with one attached hydrogen (secondary N) is 2. The fourth-order valence-electron chi connectivity index (χ4n) is 3.09. The van der Waals surface area contributed by atoms with Crippen LogP contribution in [0.15, 0.2) is 53.4 Å². The van der Waals surface area contributed by atoms with Crippen LogP contribution in [0.3, 0.4) is 0 Å².